The first-order valence-corrected chi connectivity index (χ1v) is 13.7. The highest BCUT2D eigenvalue weighted by Crippen LogP contribution is 2.71. The first-order valence-electron chi connectivity index (χ1n) is 9.77. The van der Waals surface area contributed by atoms with Crippen LogP contribution in [0.1, 0.15) is 51.9 Å². The minimum atomic E-state index is -0.233. The van der Waals surface area contributed by atoms with E-state index in [-0.39, 0.29) is 21.2 Å². The van der Waals surface area contributed by atoms with Gasteiger partial charge in [-0.25, -0.2) is 0 Å². The van der Waals surface area contributed by atoms with Gasteiger partial charge in [0, 0.05) is 5.92 Å². The number of fused-ring (bicyclic) bond motifs is 6. The fraction of sp³-hybridized carbons (Fsp3) is 0.947. The van der Waals surface area contributed by atoms with E-state index >= 15 is 0 Å². The lowest BCUT2D eigenvalue weighted by atomic mass is 9.59. The topological polar surface area (TPSA) is 26.3 Å². The minimum absolute atomic E-state index is 0.218. The maximum atomic E-state index is 12.5. The van der Waals surface area contributed by atoms with Crippen molar-refractivity contribution in [2.45, 2.75) is 71.7 Å². The summed E-state index contributed by atoms with van der Waals surface area (Å²) in [6.45, 7) is 2.26. The molecule has 0 aromatic carbocycles. The Balaban J connectivity index is 1.54. The van der Waals surface area contributed by atoms with Crippen LogP contribution in [-0.2, 0) is 9.53 Å². The van der Waals surface area contributed by atoms with Gasteiger partial charge in [-0.05, 0) is 74.9 Å². The predicted molar refractivity (Wildman–Crippen MR) is 113 cm³/mol. The lowest BCUT2D eigenvalue weighted by Crippen LogP contribution is -2.52. The normalized spacial score (nSPS) is 47.6. The molecule has 1 saturated carbocycles. The average molecular weight is 417 g/mol. The smallest absolute Gasteiger partial charge is 0.129 e. The number of hydrogen-bond acceptors (Lipinski definition) is 6. The summed E-state index contributed by atoms with van der Waals surface area (Å²) >= 11 is 8.69. The fourth-order valence-electron chi connectivity index (χ4n) is 6.00. The minimum Gasteiger partial charge on any atom is -0.368 e. The van der Waals surface area contributed by atoms with Crippen LogP contribution in [0.15, 0.2) is 0 Å². The van der Waals surface area contributed by atoms with Crippen molar-refractivity contribution in [2.24, 2.45) is 11.3 Å². The molecule has 5 aliphatic rings. The molecule has 0 N–H and O–H groups in total. The monoisotopic (exact) mass is 416 g/mol. The van der Waals surface area contributed by atoms with Gasteiger partial charge >= 0.3 is 0 Å². The van der Waals surface area contributed by atoms with Crippen LogP contribution in [0, 0.1) is 11.3 Å². The molecule has 4 heterocycles. The maximum Gasteiger partial charge on any atom is 0.129 e. The van der Waals surface area contributed by atoms with Crippen LogP contribution in [-0.4, -0.2) is 49.2 Å². The summed E-state index contributed by atoms with van der Waals surface area (Å²) in [5.41, 5.74) is -0.455. The molecule has 5 fully saturated rings. The zero-order valence-electron chi connectivity index (χ0n) is 15.0. The van der Waals surface area contributed by atoms with E-state index < -0.39 is 0 Å². The van der Waals surface area contributed by atoms with Crippen LogP contribution < -0.4 is 0 Å². The molecule has 0 aromatic heterocycles. The summed E-state index contributed by atoms with van der Waals surface area (Å²) < 4.78 is 7.44. The van der Waals surface area contributed by atoms with Crippen LogP contribution in [0.25, 0.3) is 0 Å². The molecule has 0 amide bonds. The second kappa shape index (κ2) is 6.27. The SMILES string of the molecule is C[C@@]12CCC3(SCCCS3)[C@@H](O1)[C@H]1CC3(CC[C@]12C=O)SCCCS3. The quantitative estimate of drug-likeness (QED) is 0.555. The van der Waals surface area contributed by atoms with E-state index in [1.165, 1.54) is 61.4 Å². The van der Waals surface area contributed by atoms with Crippen molar-refractivity contribution >= 4 is 53.3 Å². The van der Waals surface area contributed by atoms with E-state index in [4.69, 9.17) is 4.74 Å². The predicted octanol–water partition coefficient (Wildman–Crippen LogP) is 5.06. The van der Waals surface area contributed by atoms with Crippen molar-refractivity contribution in [3.8, 4) is 0 Å². The molecule has 0 radical (unpaired) electrons. The number of thioether (sulfide) groups is 4. The number of carbonyl (C=O) groups excluding carboxylic acids is 1. The Bertz CT molecular complexity index is 558. The van der Waals surface area contributed by atoms with Crippen molar-refractivity contribution in [3.63, 3.8) is 0 Å². The Morgan fingerprint density at radius 2 is 1.60 bits per heavy atom. The summed E-state index contributed by atoms with van der Waals surface area (Å²) in [5, 5.41) is 0. The van der Waals surface area contributed by atoms with Crippen LogP contribution in [0.3, 0.4) is 0 Å². The first-order chi connectivity index (χ1) is 12.1. The number of carbonyl (C=O) groups is 1. The Morgan fingerprint density at radius 3 is 2.28 bits per heavy atom. The number of hydrogen-bond donors (Lipinski definition) is 0. The highest BCUT2D eigenvalue weighted by Gasteiger charge is 2.72. The third-order valence-corrected chi connectivity index (χ3v) is 14.5. The van der Waals surface area contributed by atoms with Gasteiger partial charge in [0.1, 0.15) is 6.29 Å². The second-order valence-electron chi connectivity index (χ2n) is 8.56. The molecular formula is C19H28O2S4. The van der Waals surface area contributed by atoms with Gasteiger partial charge in [-0.2, -0.15) is 0 Å². The molecule has 5 rings (SSSR count). The Kier molecular flexibility index (Phi) is 4.53. The molecule has 0 unspecified atom stereocenters. The van der Waals surface area contributed by atoms with Gasteiger partial charge in [0.25, 0.3) is 0 Å². The zero-order chi connectivity index (χ0) is 17.2. The van der Waals surface area contributed by atoms with Gasteiger partial charge in [0.2, 0.25) is 0 Å². The number of aldehydes is 1. The van der Waals surface area contributed by atoms with Gasteiger partial charge in [0.15, 0.2) is 0 Å². The van der Waals surface area contributed by atoms with Crippen molar-refractivity contribution in [1.82, 2.24) is 0 Å². The van der Waals surface area contributed by atoms with E-state index in [1.54, 1.807) is 0 Å². The summed E-state index contributed by atoms with van der Waals surface area (Å²) in [6.07, 6.45) is 9.98. The molecule has 6 heteroatoms. The summed E-state index contributed by atoms with van der Waals surface area (Å²) in [5.74, 6) is 5.54. The Hall–Kier alpha value is 1.03. The Morgan fingerprint density at radius 1 is 0.920 bits per heavy atom. The van der Waals surface area contributed by atoms with Crippen LogP contribution in [0.5, 0.6) is 0 Å². The molecule has 0 aromatic rings. The van der Waals surface area contributed by atoms with E-state index in [9.17, 15) is 4.79 Å². The highest BCUT2D eigenvalue weighted by molar-refractivity contribution is 8.19. The summed E-state index contributed by atoms with van der Waals surface area (Å²) in [6, 6.07) is 0. The summed E-state index contributed by atoms with van der Waals surface area (Å²) in [7, 11) is 0. The first kappa shape index (κ1) is 18.1. The van der Waals surface area contributed by atoms with Gasteiger partial charge < -0.3 is 9.53 Å². The van der Waals surface area contributed by atoms with E-state index in [2.05, 4.69) is 54.0 Å². The second-order valence-corrected chi connectivity index (χ2v) is 14.9. The molecule has 2 spiro atoms. The van der Waals surface area contributed by atoms with Gasteiger partial charge in [0.05, 0.1) is 25.3 Å². The molecule has 25 heavy (non-hydrogen) atoms. The maximum absolute atomic E-state index is 12.5. The van der Waals surface area contributed by atoms with Gasteiger partial charge in [-0.3, -0.25) is 0 Å². The van der Waals surface area contributed by atoms with Crippen molar-refractivity contribution in [3.05, 3.63) is 0 Å². The molecule has 1 aliphatic carbocycles. The third-order valence-electron chi connectivity index (χ3n) is 7.44. The van der Waals surface area contributed by atoms with Crippen molar-refractivity contribution in [1.29, 1.82) is 0 Å². The Labute approximate surface area is 168 Å². The van der Waals surface area contributed by atoms with Crippen molar-refractivity contribution < 1.29 is 9.53 Å². The molecule has 4 saturated heterocycles. The van der Waals surface area contributed by atoms with Crippen LogP contribution in [0.2, 0.25) is 0 Å². The largest absolute Gasteiger partial charge is 0.368 e. The molecular weight excluding hydrogens is 388 g/mol. The highest BCUT2D eigenvalue weighted by atomic mass is 32.2. The average Bonchev–Trinajstić information content (AvgIpc) is 2.87. The van der Waals surface area contributed by atoms with E-state index in [0.717, 1.165) is 12.8 Å². The third kappa shape index (κ3) is 2.49. The van der Waals surface area contributed by atoms with Gasteiger partial charge in [-0.1, -0.05) is 0 Å². The molecule has 4 atom stereocenters. The van der Waals surface area contributed by atoms with E-state index in [0.29, 0.717) is 10.00 Å². The zero-order valence-corrected chi connectivity index (χ0v) is 18.2. The van der Waals surface area contributed by atoms with E-state index in [1.807, 2.05) is 0 Å². The number of ether oxygens (including phenoxy) is 1. The molecule has 4 aliphatic heterocycles. The molecule has 2 nitrogen and oxygen atoms in total. The lowest BCUT2D eigenvalue weighted by molar-refractivity contribution is -0.137. The fourth-order valence-corrected chi connectivity index (χ4v) is 13.0. The number of rotatable bonds is 1. The molecule has 2 bridgehead atoms. The lowest BCUT2D eigenvalue weighted by Gasteiger charge is -2.50. The van der Waals surface area contributed by atoms with Crippen LogP contribution in [0.4, 0.5) is 0 Å². The van der Waals surface area contributed by atoms with Gasteiger partial charge in [-0.15, -0.1) is 47.0 Å². The van der Waals surface area contributed by atoms with Crippen LogP contribution >= 0.6 is 47.0 Å². The standard InChI is InChI=1S/C19H28O2S4/c1-16-4-7-19(24-10-3-11-25-19)15(21-16)14-12-18(22-8-2-9-23-18)6-5-17(14,16)13-20/h13-15H,2-12H2,1H3/t14-,15+,16+,17+/m1/s1. The molecule has 140 valence electrons. The summed E-state index contributed by atoms with van der Waals surface area (Å²) in [4.78, 5) is 12.5. The van der Waals surface area contributed by atoms with Crippen molar-refractivity contribution in [2.75, 3.05) is 23.0 Å².